The Kier molecular flexibility index (Phi) is 7.76. The van der Waals surface area contributed by atoms with E-state index in [-0.39, 0.29) is 33.8 Å². The van der Waals surface area contributed by atoms with Gasteiger partial charge in [0.05, 0.1) is 6.42 Å². The minimum absolute atomic E-state index is 0. The molecule has 0 aromatic heterocycles. The fourth-order valence-electron chi connectivity index (χ4n) is 3.77. The molecule has 4 aromatic rings. The first kappa shape index (κ1) is 22.5. The van der Waals surface area contributed by atoms with Crippen molar-refractivity contribution in [1.29, 1.82) is 0 Å². The van der Waals surface area contributed by atoms with Crippen LogP contribution in [0.2, 0.25) is 0 Å². The molecule has 0 aliphatic carbocycles. The molecule has 0 saturated heterocycles. The molecular weight excluding hydrogens is 450 g/mol. The second-order valence-corrected chi connectivity index (χ2v) is 6.98. The fraction of sp³-hybridized carbons (Fsp3) is 0.0741. The summed E-state index contributed by atoms with van der Waals surface area (Å²) in [5.41, 5.74) is 2.71. The molecule has 0 fully saturated rings. The maximum absolute atomic E-state index is 13.9. The van der Waals surface area contributed by atoms with Crippen LogP contribution in [0.4, 0.5) is 17.1 Å². The van der Waals surface area contributed by atoms with Gasteiger partial charge >= 0.3 is 5.91 Å². The van der Waals surface area contributed by atoms with E-state index in [0.717, 1.165) is 22.8 Å². The number of amides is 1. The van der Waals surface area contributed by atoms with Crippen molar-refractivity contribution in [2.45, 2.75) is 6.42 Å². The van der Waals surface area contributed by atoms with Crippen LogP contribution in [0.15, 0.2) is 121 Å². The summed E-state index contributed by atoms with van der Waals surface area (Å²) in [6.45, 7) is 0.315. The number of halogens is 1. The van der Waals surface area contributed by atoms with E-state index in [0.29, 0.717) is 6.61 Å². The lowest BCUT2D eigenvalue weighted by atomic mass is 10.1. The average Bonchev–Trinajstić information content (AvgIpc) is 2.82. The zero-order valence-corrected chi connectivity index (χ0v) is 18.7. The van der Waals surface area contributed by atoms with Crippen LogP contribution in [0.3, 0.4) is 0 Å². The molecule has 0 heterocycles. The van der Waals surface area contributed by atoms with E-state index < -0.39 is 0 Å². The van der Waals surface area contributed by atoms with Gasteiger partial charge < -0.3 is 21.7 Å². The topological polar surface area (TPSA) is 26.3 Å². The van der Waals surface area contributed by atoms with Crippen LogP contribution in [0.25, 0.3) is 0 Å². The van der Waals surface area contributed by atoms with Crippen molar-refractivity contribution in [3.8, 4) is 5.75 Å². The van der Waals surface area contributed by atoms with Crippen molar-refractivity contribution in [2.24, 2.45) is 0 Å². The number of hydrogen-bond acceptors (Lipinski definition) is 2. The summed E-state index contributed by atoms with van der Waals surface area (Å²) >= 11 is 0. The molecule has 0 atom stereocenters. The highest BCUT2D eigenvalue weighted by Crippen LogP contribution is 2.44. The molecule has 0 bridgehead atoms. The minimum Gasteiger partial charge on any atom is -1.00 e. The molecule has 0 N–H and O–H groups in total. The molecule has 4 rings (SSSR count). The Morgan fingerprint density at radius 2 is 0.935 bits per heavy atom. The van der Waals surface area contributed by atoms with Crippen LogP contribution in [-0.2, 0) is 4.79 Å². The maximum Gasteiger partial charge on any atom is 0.332 e. The molecule has 156 valence electrons. The molecule has 1 amide bonds. The van der Waals surface area contributed by atoms with Gasteiger partial charge in [0, 0.05) is 36.4 Å². The Balaban J connectivity index is 0.00000272. The SMILES string of the molecule is O=C(CCOc1ccccc1)[N+](c1ccccc1)(c1ccccc1)c1ccccc1.[Br-]. The van der Waals surface area contributed by atoms with E-state index in [9.17, 15) is 4.79 Å². The molecule has 0 saturated carbocycles. The quantitative estimate of drug-likeness (QED) is 0.383. The monoisotopic (exact) mass is 473 g/mol. The summed E-state index contributed by atoms with van der Waals surface area (Å²) < 4.78 is 5.86. The van der Waals surface area contributed by atoms with Gasteiger partial charge in [0.15, 0.2) is 17.1 Å². The van der Waals surface area contributed by atoms with Crippen LogP contribution in [0.5, 0.6) is 5.75 Å². The Morgan fingerprint density at radius 3 is 1.32 bits per heavy atom. The molecule has 0 radical (unpaired) electrons. The Labute approximate surface area is 193 Å². The molecule has 0 aliphatic heterocycles. The van der Waals surface area contributed by atoms with Gasteiger partial charge in [-0.05, 0) is 12.1 Å². The summed E-state index contributed by atoms with van der Waals surface area (Å²) in [4.78, 5) is 13.9. The van der Waals surface area contributed by atoms with Gasteiger partial charge in [0.1, 0.15) is 12.4 Å². The zero-order chi connectivity index (χ0) is 20.7. The molecule has 31 heavy (non-hydrogen) atoms. The summed E-state index contributed by atoms with van der Waals surface area (Å²) in [5, 5.41) is 0. The van der Waals surface area contributed by atoms with Crippen LogP contribution in [-0.4, -0.2) is 12.5 Å². The summed E-state index contributed by atoms with van der Waals surface area (Å²) in [6, 6.07) is 39.4. The van der Waals surface area contributed by atoms with Gasteiger partial charge in [0.2, 0.25) is 0 Å². The van der Waals surface area contributed by atoms with E-state index in [1.54, 1.807) is 0 Å². The third-order valence-corrected chi connectivity index (χ3v) is 5.13. The van der Waals surface area contributed by atoms with E-state index in [2.05, 4.69) is 0 Å². The van der Waals surface area contributed by atoms with E-state index in [1.807, 2.05) is 121 Å². The van der Waals surface area contributed by atoms with Gasteiger partial charge in [-0.2, -0.15) is 4.48 Å². The first-order chi connectivity index (χ1) is 14.8. The first-order valence-corrected chi connectivity index (χ1v) is 10.1. The fourth-order valence-corrected chi connectivity index (χ4v) is 3.77. The van der Waals surface area contributed by atoms with Crippen molar-refractivity contribution in [3.05, 3.63) is 121 Å². The van der Waals surface area contributed by atoms with Crippen molar-refractivity contribution in [1.82, 2.24) is 4.48 Å². The number of carbonyl (C=O) groups is 1. The number of para-hydroxylation sites is 4. The van der Waals surface area contributed by atoms with Gasteiger partial charge in [0.25, 0.3) is 0 Å². The third kappa shape index (κ3) is 4.76. The highest BCUT2D eigenvalue weighted by atomic mass is 79.9. The molecular formula is C27H24BrNO2. The lowest BCUT2D eigenvalue weighted by Gasteiger charge is -2.34. The second kappa shape index (κ2) is 10.7. The van der Waals surface area contributed by atoms with Crippen molar-refractivity contribution in [2.75, 3.05) is 6.61 Å². The molecule has 0 aliphatic rings. The van der Waals surface area contributed by atoms with Crippen molar-refractivity contribution < 1.29 is 26.5 Å². The summed E-state index contributed by atoms with van der Waals surface area (Å²) in [7, 11) is 0. The predicted molar refractivity (Wildman–Crippen MR) is 122 cm³/mol. The minimum atomic E-state index is 0. The number of quaternary nitrogens is 1. The normalized spacial score (nSPS) is 10.7. The van der Waals surface area contributed by atoms with Crippen LogP contribution in [0.1, 0.15) is 6.42 Å². The highest BCUT2D eigenvalue weighted by molar-refractivity contribution is 6.01. The van der Waals surface area contributed by atoms with Gasteiger partial charge in [-0.1, -0.05) is 72.8 Å². The standard InChI is InChI=1S/C27H24NO2.BrH/c29-27(21-22-30-26-19-11-4-12-20-26)28(23-13-5-1-6-14-23,24-15-7-2-8-16-24)25-17-9-3-10-18-25;/h1-20H,21-22H2;1H/q+1;/p-1. The van der Waals surface area contributed by atoms with Gasteiger partial charge in [-0.25, -0.2) is 4.79 Å². The third-order valence-electron chi connectivity index (χ3n) is 5.13. The predicted octanol–water partition coefficient (Wildman–Crippen LogP) is 3.66. The number of hydrogen-bond donors (Lipinski definition) is 0. The number of benzene rings is 4. The largest absolute Gasteiger partial charge is 1.00 e. The molecule has 0 spiro atoms. The number of carbonyl (C=O) groups excluding carboxylic acids is 1. The zero-order valence-electron chi connectivity index (χ0n) is 17.1. The Hall–Kier alpha value is -3.21. The van der Waals surface area contributed by atoms with Gasteiger partial charge in [-0.15, -0.1) is 0 Å². The smallest absolute Gasteiger partial charge is 0.332 e. The molecule has 4 heteroatoms. The Morgan fingerprint density at radius 1 is 0.581 bits per heavy atom. The molecule has 4 aromatic carbocycles. The number of rotatable bonds is 7. The lowest BCUT2D eigenvalue weighted by molar-refractivity contribution is -0.125. The van der Waals surface area contributed by atoms with Crippen LogP contribution >= 0.6 is 0 Å². The number of nitrogens with zero attached hydrogens (tertiary/aromatic N) is 1. The summed E-state index contributed by atoms with van der Waals surface area (Å²) in [5.74, 6) is 0.817. The number of ether oxygens (including phenoxy) is 1. The summed E-state index contributed by atoms with van der Waals surface area (Å²) in [6.07, 6.45) is 0.271. The van der Waals surface area contributed by atoms with E-state index in [1.165, 1.54) is 0 Å². The van der Waals surface area contributed by atoms with Gasteiger partial charge in [-0.3, -0.25) is 0 Å². The van der Waals surface area contributed by atoms with Crippen molar-refractivity contribution in [3.63, 3.8) is 0 Å². The first-order valence-electron chi connectivity index (χ1n) is 10.1. The van der Waals surface area contributed by atoms with E-state index >= 15 is 0 Å². The lowest BCUT2D eigenvalue weighted by Crippen LogP contribution is -3.00. The van der Waals surface area contributed by atoms with E-state index in [4.69, 9.17) is 4.74 Å². The second-order valence-electron chi connectivity index (χ2n) is 6.98. The Bertz CT molecular complexity index is 975. The molecule has 3 nitrogen and oxygen atoms in total. The highest BCUT2D eigenvalue weighted by Gasteiger charge is 2.43. The molecule has 0 unspecified atom stereocenters. The average molecular weight is 474 g/mol. The van der Waals surface area contributed by atoms with Crippen LogP contribution in [0, 0.1) is 0 Å². The van der Waals surface area contributed by atoms with Crippen LogP contribution < -0.4 is 26.2 Å². The van der Waals surface area contributed by atoms with Crippen molar-refractivity contribution >= 4 is 23.0 Å². The maximum atomic E-state index is 13.9.